The van der Waals surface area contributed by atoms with Crippen molar-refractivity contribution in [3.63, 3.8) is 0 Å². The zero-order chi connectivity index (χ0) is 17.7. The van der Waals surface area contributed by atoms with Crippen LogP contribution in [0, 0.1) is 0 Å². The minimum atomic E-state index is -3.81. The van der Waals surface area contributed by atoms with Gasteiger partial charge in [0, 0.05) is 12.0 Å². The smallest absolute Gasteiger partial charge is 0.252 e. The van der Waals surface area contributed by atoms with Gasteiger partial charge in [-0.1, -0.05) is 37.3 Å². The molecular formula is C17H18N2O4S. The van der Waals surface area contributed by atoms with Gasteiger partial charge < -0.3 is 5.32 Å². The number of ketones is 1. The largest absolute Gasteiger partial charge is 0.338 e. The highest BCUT2D eigenvalue weighted by atomic mass is 32.2. The van der Waals surface area contributed by atoms with Gasteiger partial charge in [-0.2, -0.15) is 0 Å². The van der Waals surface area contributed by atoms with Crippen LogP contribution >= 0.6 is 0 Å². The number of rotatable bonds is 6. The summed E-state index contributed by atoms with van der Waals surface area (Å²) in [7, 11) is -3.81. The van der Waals surface area contributed by atoms with Crippen LogP contribution in [-0.2, 0) is 14.8 Å². The van der Waals surface area contributed by atoms with Crippen molar-refractivity contribution in [2.75, 3.05) is 0 Å². The first-order valence-electron chi connectivity index (χ1n) is 7.34. The molecule has 0 radical (unpaired) electrons. The van der Waals surface area contributed by atoms with E-state index in [0.29, 0.717) is 5.56 Å². The van der Waals surface area contributed by atoms with Gasteiger partial charge in [-0.05, 0) is 29.8 Å². The van der Waals surface area contributed by atoms with E-state index in [0.717, 1.165) is 0 Å². The molecule has 0 heterocycles. The van der Waals surface area contributed by atoms with E-state index >= 15 is 0 Å². The molecule has 2 aromatic carbocycles. The zero-order valence-corrected chi connectivity index (χ0v) is 13.9. The molecule has 1 atom stereocenters. The summed E-state index contributed by atoms with van der Waals surface area (Å²) in [5.41, 5.74) is 0.936. The molecule has 2 aromatic rings. The maximum Gasteiger partial charge on any atom is 0.252 e. The van der Waals surface area contributed by atoms with Gasteiger partial charge in [0.15, 0.2) is 5.78 Å². The van der Waals surface area contributed by atoms with Crippen molar-refractivity contribution in [1.82, 2.24) is 5.32 Å². The number of amides is 1. The third-order valence-electron chi connectivity index (χ3n) is 3.52. The highest BCUT2D eigenvalue weighted by Gasteiger charge is 2.21. The highest BCUT2D eigenvalue weighted by molar-refractivity contribution is 7.89. The molecule has 0 saturated heterocycles. The number of Topliss-reactive ketones (excluding diaryl/α,β-unsaturated/α-hetero) is 1. The molecule has 1 amide bonds. The van der Waals surface area contributed by atoms with Gasteiger partial charge in [0.1, 0.15) is 6.04 Å². The summed E-state index contributed by atoms with van der Waals surface area (Å²) in [5.74, 6) is -0.581. The van der Waals surface area contributed by atoms with Crippen molar-refractivity contribution in [3.05, 3.63) is 65.7 Å². The van der Waals surface area contributed by atoms with Gasteiger partial charge in [0.05, 0.1) is 4.90 Å². The number of hydrogen-bond donors (Lipinski definition) is 2. The third-order valence-corrected chi connectivity index (χ3v) is 4.45. The first-order chi connectivity index (χ1) is 11.3. The normalized spacial score (nSPS) is 12.4. The van der Waals surface area contributed by atoms with Crippen molar-refractivity contribution in [1.29, 1.82) is 0 Å². The van der Waals surface area contributed by atoms with Gasteiger partial charge in [0.25, 0.3) is 5.91 Å². The number of sulfonamides is 1. The average Bonchev–Trinajstić information content (AvgIpc) is 2.59. The van der Waals surface area contributed by atoms with Crippen molar-refractivity contribution < 1.29 is 18.0 Å². The molecule has 7 heteroatoms. The zero-order valence-electron chi connectivity index (χ0n) is 13.1. The van der Waals surface area contributed by atoms with Crippen LogP contribution in [0.15, 0.2) is 59.5 Å². The van der Waals surface area contributed by atoms with Gasteiger partial charge in [-0.3, -0.25) is 9.59 Å². The monoisotopic (exact) mass is 346 g/mol. The van der Waals surface area contributed by atoms with Gasteiger partial charge >= 0.3 is 0 Å². The van der Waals surface area contributed by atoms with E-state index in [-0.39, 0.29) is 22.7 Å². The molecule has 0 fully saturated rings. The fourth-order valence-corrected chi connectivity index (χ4v) is 2.73. The SMILES string of the molecule is CCC(=O)[C@@H](NC(=O)c1ccc(S(N)(=O)=O)cc1)c1ccccc1. The van der Waals surface area contributed by atoms with Crippen molar-refractivity contribution in [2.24, 2.45) is 5.14 Å². The minimum Gasteiger partial charge on any atom is -0.338 e. The Bertz CT molecular complexity index is 831. The van der Waals surface area contributed by atoms with Gasteiger partial charge in [0.2, 0.25) is 10.0 Å². The van der Waals surface area contributed by atoms with Crippen molar-refractivity contribution in [2.45, 2.75) is 24.3 Å². The molecule has 3 N–H and O–H groups in total. The molecule has 126 valence electrons. The molecule has 0 aliphatic carbocycles. The second-order valence-electron chi connectivity index (χ2n) is 5.21. The van der Waals surface area contributed by atoms with E-state index in [1.165, 1.54) is 24.3 Å². The van der Waals surface area contributed by atoms with Crippen LogP contribution in [0.2, 0.25) is 0 Å². The van der Waals surface area contributed by atoms with Crippen LogP contribution in [0.1, 0.15) is 35.3 Å². The molecule has 0 spiro atoms. The fraction of sp³-hybridized carbons (Fsp3) is 0.176. The topological polar surface area (TPSA) is 106 Å². The summed E-state index contributed by atoms with van der Waals surface area (Å²) in [4.78, 5) is 24.4. The van der Waals surface area contributed by atoms with E-state index in [4.69, 9.17) is 5.14 Å². The Morgan fingerprint density at radius 2 is 1.62 bits per heavy atom. The molecule has 0 aliphatic heterocycles. The summed E-state index contributed by atoms with van der Waals surface area (Å²) >= 11 is 0. The fourth-order valence-electron chi connectivity index (χ4n) is 2.21. The molecule has 2 rings (SSSR count). The lowest BCUT2D eigenvalue weighted by Gasteiger charge is -2.17. The van der Waals surface area contributed by atoms with Crippen LogP contribution in [0.4, 0.5) is 0 Å². The summed E-state index contributed by atoms with van der Waals surface area (Å²) in [6, 6.07) is 13.4. The summed E-state index contributed by atoms with van der Waals surface area (Å²) in [5, 5.41) is 7.71. The lowest BCUT2D eigenvalue weighted by Crippen LogP contribution is -2.33. The van der Waals surface area contributed by atoms with Crippen LogP contribution in [0.3, 0.4) is 0 Å². The lowest BCUT2D eigenvalue weighted by atomic mass is 10.0. The standard InChI is InChI=1S/C17H18N2O4S/c1-2-15(20)16(12-6-4-3-5-7-12)19-17(21)13-8-10-14(11-9-13)24(18,22)23/h3-11,16H,2H2,1H3,(H,19,21)(H2,18,22,23)/t16-/m0/s1. The predicted molar refractivity (Wildman–Crippen MR) is 89.8 cm³/mol. The van der Waals surface area contributed by atoms with E-state index in [1.54, 1.807) is 31.2 Å². The summed E-state index contributed by atoms with van der Waals surface area (Å²) in [6.07, 6.45) is 0.282. The highest BCUT2D eigenvalue weighted by Crippen LogP contribution is 2.17. The van der Waals surface area contributed by atoms with Crippen LogP contribution in [-0.4, -0.2) is 20.1 Å². The molecular weight excluding hydrogens is 328 g/mol. The minimum absolute atomic E-state index is 0.0803. The second kappa shape index (κ2) is 7.37. The Hall–Kier alpha value is -2.51. The van der Waals surface area contributed by atoms with Crippen LogP contribution in [0.25, 0.3) is 0 Å². The van der Waals surface area contributed by atoms with Crippen molar-refractivity contribution >= 4 is 21.7 Å². The second-order valence-corrected chi connectivity index (χ2v) is 6.77. The van der Waals surface area contributed by atoms with Crippen LogP contribution in [0.5, 0.6) is 0 Å². The first kappa shape index (κ1) is 17.8. The van der Waals surface area contributed by atoms with Crippen LogP contribution < -0.4 is 10.5 Å². The predicted octanol–water partition coefficient (Wildman–Crippen LogP) is 1.78. The van der Waals surface area contributed by atoms with Gasteiger partial charge in [-0.25, -0.2) is 13.6 Å². The molecule has 0 saturated carbocycles. The number of nitrogens with one attached hydrogen (secondary N) is 1. The number of hydrogen-bond acceptors (Lipinski definition) is 4. The van der Waals surface area contributed by atoms with E-state index < -0.39 is 22.0 Å². The van der Waals surface area contributed by atoms with E-state index in [1.807, 2.05) is 6.07 Å². The molecule has 24 heavy (non-hydrogen) atoms. The quantitative estimate of drug-likeness (QED) is 0.831. The Morgan fingerprint density at radius 3 is 2.12 bits per heavy atom. The Balaban J connectivity index is 2.23. The molecule has 0 aromatic heterocycles. The molecule has 0 bridgehead atoms. The van der Waals surface area contributed by atoms with Crippen molar-refractivity contribution in [3.8, 4) is 0 Å². The van der Waals surface area contributed by atoms with E-state index in [2.05, 4.69) is 5.32 Å². The number of carbonyl (C=O) groups is 2. The Kier molecular flexibility index (Phi) is 5.48. The van der Waals surface area contributed by atoms with E-state index in [9.17, 15) is 18.0 Å². The Morgan fingerprint density at radius 1 is 1.04 bits per heavy atom. The number of primary sulfonamides is 1. The number of benzene rings is 2. The molecule has 0 unspecified atom stereocenters. The molecule has 6 nitrogen and oxygen atoms in total. The lowest BCUT2D eigenvalue weighted by molar-refractivity contribution is -0.120. The first-order valence-corrected chi connectivity index (χ1v) is 8.89. The Labute approximate surface area is 140 Å². The maximum atomic E-state index is 12.4. The maximum absolute atomic E-state index is 12.4. The number of nitrogens with two attached hydrogens (primary N) is 1. The molecule has 0 aliphatic rings. The third kappa shape index (κ3) is 4.27. The number of carbonyl (C=O) groups excluding carboxylic acids is 2. The van der Waals surface area contributed by atoms with Gasteiger partial charge in [-0.15, -0.1) is 0 Å². The summed E-state index contributed by atoms with van der Waals surface area (Å²) in [6.45, 7) is 1.73. The summed E-state index contributed by atoms with van der Waals surface area (Å²) < 4.78 is 22.5. The average molecular weight is 346 g/mol.